The number of oxime groups is 1. The number of benzene rings is 3. The fourth-order valence-corrected chi connectivity index (χ4v) is 3.98. The van der Waals surface area contributed by atoms with Crippen LogP contribution in [0.1, 0.15) is 11.1 Å². The van der Waals surface area contributed by atoms with Crippen LogP contribution in [0.4, 0.5) is 0 Å². The molecule has 5 nitrogen and oxygen atoms in total. The first kappa shape index (κ1) is 22.1. The number of allylic oxidation sites excluding steroid dienone is 6. The van der Waals surface area contributed by atoms with E-state index in [1.54, 1.807) is 12.2 Å². The summed E-state index contributed by atoms with van der Waals surface area (Å²) in [6.07, 6.45) is 7.29. The summed E-state index contributed by atoms with van der Waals surface area (Å²) in [4.78, 5) is 0. The van der Waals surface area contributed by atoms with E-state index in [0.717, 1.165) is 16.7 Å². The Morgan fingerprint density at radius 2 is 1.30 bits per heavy atom. The van der Waals surface area contributed by atoms with E-state index in [0.29, 0.717) is 22.8 Å². The van der Waals surface area contributed by atoms with Gasteiger partial charge in [0.2, 0.25) is 0 Å². The fourth-order valence-electron chi connectivity index (χ4n) is 3.02. The Balaban J connectivity index is 1.49. The maximum absolute atomic E-state index is 9.66. The second-order valence-corrected chi connectivity index (χ2v) is 8.25. The molecule has 0 heterocycles. The Morgan fingerprint density at radius 3 is 1.82 bits per heavy atom. The van der Waals surface area contributed by atoms with Crippen molar-refractivity contribution >= 4 is 19.9 Å². The first-order valence-corrected chi connectivity index (χ1v) is 11.6. The van der Waals surface area contributed by atoms with Crippen molar-refractivity contribution < 1.29 is 13.7 Å². The molecule has 4 rings (SSSR count). The van der Waals surface area contributed by atoms with Gasteiger partial charge in [-0.1, -0.05) is 78.4 Å². The van der Waals surface area contributed by atoms with E-state index in [9.17, 15) is 5.26 Å². The SMILES string of the molecule is Cc1ccc(C(C#N)=C2C=CC(=NO[PH+](Oc3ccccc3)Oc3ccccc3)C=C2)cc1. The van der Waals surface area contributed by atoms with Gasteiger partial charge in [-0.15, -0.1) is 0 Å². The number of aryl methyl sites for hydroxylation is 1. The van der Waals surface area contributed by atoms with E-state index in [-0.39, 0.29) is 0 Å². The van der Waals surface area contributed by atoms with Crippen molar-refractivity contribution in [3.8, 4) is 17.6 Å². The predicted octanol–water partition coefficient (Wildman–Crippen LogP) is 6.89. The fraction of sp³-hybridized carbons (Fsp3) is 0.0370. The van der Waals surface area contributed by atoms with Crippen LogP contribution in [0.5, 0.6) is 11.5 Å². The highest BCUT2D eigenvalue weighted by atomic mass is 31.2. The van der Waals surface area contributed by atoms with Crippen molar-refractivity contribution in [2.45, 2.75) is 6.92 Å². The average Bonchev–Trinajstić information content (AvgIpc) is 2.86. The van der Waals surface area contributed by atoms with Crippen molar-refractivity contribution in [3.05, 3.63) is 126 Å². The van der Waals surface area contributed by atoms with E-state index in [1.165, 1.54) is 0 Å². The zero-order chi connectivity index (χ0) is 22.9. The molecular weight excluding hydrogens is 431 g/mol. The van der Waals surface area contributed by atoms with Crippen LogP contribution in [-0.2, 0) is 4.62 Å². The smallest absolute Gasteiger partial charge is 0.271 e. The summed E-state index contributed by atoms with van der Waals surface area (Å²) in [5.41, 5.74) is 4.03. The number of rotatable bonds is 7. The van der Waals surface area contributed by atoms with Gasteiger partial charge in [-0.2, -0.15) is 9.89 Å². The minimum atomic E-state index is -2.25. The zero-order valence-corrected chi connectivity index (χ0v) is 19.0. The second-order valence-electron chi connectivity index (χ2n) is 7.16. The third-order valence-electron chi connectivity index (χ3n) is 4.72. The number of para-hydroxylation sites is 2. The highest BCUT2D eigenvalue weighted by Crippen LogP contribution is 2.41. The minimum Gasteiger partial charge on any atom is -0.271 e. The topological polar surface area (TPSA) is 63.8 Å². The molecule has 1 aliphatic rings. The van der Waals surface area contributed by atoms with Crippen LogP contribution in [-0.4, -0.2) is 5.71 Å². The highest BCUT2D eigenvalue weighted by Gasteiger charge is 2.25. The Morgan fingerprint density at radius 1 is 0.758 bits per heavy atom. The lowest BCUT2D eigenvalue weighted by Crippen LogP contribution is -2.00. The van der Waals surface area contributed by atoms with E-state index >= 15 is 0 Å². The molecule has 0 spiro atoms. The molecule has 0 saturated carbocycles. The molecule has 33 heavy (non-hydrogen) atoms. The molecule has 0 unspecified atom stereocenters. The lowest BCUT2D eigenvalue weighted by molar-refractivity contribution is 0.280. The standard InChI is InChI=1S/C27H22N2O3P/c1-21-12-14-22(15-13-21)27(20-28)23-16-18-24(19-17-23)29-32-33(30-25-8-4-2-5-9-25)31-26-10-6-3-7-11-26/h2-19,33H,1H3/q+1. The van der Waals surface area contributed by atoms with Gasteiger partial charge in [0.15, 0.2) is 11.5 Å². The lowest BCUT2D eigenvalue weighted by Gasteiger charge is -2.09. The van der Waals surface area contributed by atoms with Crippen molar-refractivity contribution in [1.29, 1.82) is 5.26 Å². The van der Waals surface area contributed by atoms with Crippen molar-refractivity contribution in [2.75, 3.05) is 0 Å². The Labute approximate surface area is 194 Å². The molecule has 1 aliphatic carbocycles. The average molecular weight is 453 g/mol. The first-order valence-electron chi connectivity index (χ1n) is 10.4. The van der Waals surface area contributed by atoms with Gasteiger partial charge in [0, 0.05) is 0 Å². The van der Waals surface area contributed by atoms with Gasteiger partial charge in [0.1, 0.15) is 11.8 Å². The van der Waals surface area contributed by atoms with Crippen LogP contribution in [0.2, 0.25) is 0 Å². The molecule has 0 radical (unpaired) electrons. The molecular formula is C27H22N2O3P+. The summed E-state index contributed by atoms with van der Waals surface area (Å²) >= 11 is 0. The zero-order valence-electron chi connectivity index (χ0n) is 18.0. The second kappa shape index (κ2) is 10.9. The van der Waals surface area contributed by atoms with Crippen molar-refractivity contribution in [1.82, 2.24) is 0 Å². The maximum Gasteiger partial charge on any atom is 0.559 e. The summed E-state index contributed by atoms with van der Waals surface area (Å²) in [5, 5.41) is 13.9. The van der Waals surface area contributed by atoms with E-state index < -0.39 is 8.60 Å². The monoisotopic (exact) mass is 453 g/mol. The molecule has 162 valence electrons. The number of nitriles is 1. The quantitative estimate of drug-likeness (QED) is 0.222. The maximum atomic E-state index is 9.66. The van der Waals surface area contributed by atoms with Crippen LogP contribution < -0.4 is 9.05 Å². The van der Waals surface area contributed by atoms with E-state index in [1.807, 2.05) is 104 Å². The molecule has 0 aliphatic heterocycles. The van der Waals surface area contributed by atoms with Crippen LogP contribution in [0.15, 0.2) is 120 Å². The van der Waals surface area contributed by atoms with E-state index in [4.69, 9.17) is 13.7 Å². The molecule has 0 aromatic heterocycles. The molecule has 0 fully saturated rings. The van der Waals surface area contributed by atoms with Crippen LogP contribution in [0.25, 0.3) is 5.57 Å². The summed E-state index contributed by atoms with van der Waals surface area (Å²) in [6.45, 7) is 2.02. The van der Waals surface area contributed by atoms with Crippen molar-refractivity contribution in [2.24, 2.45) is 5.16 Å². The molecule has 0 N–H and O–H groups in total. The Kier molecular flexibility index (Phi) is 7.33. The molecule has 0 saturated heterocycles. The Hall–Kier alpha value is -4.13. The van der Waals surface area contributed by atoms with Gasteiger partial charge < -0.3 is 0 Å². The number of hydrogen-bond acceptors (Lipinski definition) is 5. The van der Waals surface area contributed by atoms with Crippen LogP contribution in [0, 0.1) is 18.3 Å². The van der Waals surface area contributed by atoms with Gasteiger partial charge >= 0.3 is 8.60 Å². The third-order valence-corrected chi connectivity index (χ3v) is 5.77. The largest absolute Gasteiger partial charge is 0.559 e. The summed E-state index contributed by atoms with van der Waals surface area (Å²) in [7, 11) is -2.25. The molecule has 3 aromatic rings. The molecule has 0 bridgehead atoms. The van der Waals surface area contributed by atoms with Gasteiger partial charge in [-0.3, -0.25) is 9.05 Å². The first-order chi connectivity index (χ1) is 16.2. The lowest BCUT2D eigenvalue weighted by atomic mass is 9.97. The molecule has 0 amide bonds. The molecule has 0 atom stereocenters. The Bertz CT molecular complexity index is 1180. The minimum absolute atomic E-state index is 0.593. The van der Waals surface area contributed by atoms with Gasteiger partial charge in [0.05, 0.1) is 5.57 Å². The number of nitrogens with zero attached hydrogens (tertiary/aromatic N) is 2. The number of hydrogen-bond donors (Lipinski definition) is 0. The molecule has 6 heteroatoms. The van der Waals surface area contributed by atoms with Crippen LogP contribution >= 0.6 is 8.60 Å². The summed E-state index contributed by atoms with van der Waals surface area (Å²) < 4.78 is 17.5. The van der Waals surface area contributed by atoms with Crippen molar-refractivity contribution in [3.63, 3.8) is 0 Å². The summed E-state index contributed by atoms with van der Waals surface area (Å²) in [5.74, 6) is 1.28. The van der Waals surface area contributed by atoms with E-state index in [2.05, 4.69) is 11.2 Å². The highest BCUT2D eigenvalue weighted by molar-refractivity contribution is 7.42. The summed E-state index contributed by atoms with van der Waals surface area (Å²) in [6, 6.07) is 28.9. The van der Waals surface area contributed by atoms with Gasteiger partial charge in [0.25, 0.3) is 0 Å². The van der Waals surface area contributed by atoms with Gasteiger partial charge in [-0.25, -0.2) is 0 Å². The predicted molar refractivity (Wildman–Crippen MR) is 133 cm³/mol. The van der Waals surface area contributed by atoms with Gasteiger partial charge in [-0.05, 0) is 59.6 Å². The normalized spacial score (nSPS) is 12.3. The molecule has 3 aromatic carbocycles. The third kappa shape index (κ3) is 6.20. The van der Waals surface area contributed by atoms with Crippen LogP contribution in [0.3, 0.4) is 0 Å².